The van der Waals surface area contributed by atoms with Gasteiger partial charge in [-0.25, -0.2) is 0 Å². The van der Waals surface area contributed by atoms with E-state index in [1.165, 1.54) is 6.08 Å². The average molecular weight is 233 g/mol. The Hall–Kier alpha value is -0.590. The molecule has 5 heteroatoms. The van der Waals surface area contributed by atoms with Gasteiger partial charge >= 0.3 is 0 Å². The number of hydrogen-bond acceptors (Lipinski definition) is 4. The second-order valence-electron chi connectivity index (χ2n) is 2.65. The average Bonchev–Trinajstić information content (AvgIpc) is 2.23. The predicted molar refractivity (Wildman–Crippen MR) is 57.0 cm³/mol. The summed E-state index contributed by atoms with van der Waals surface area (Å²) >= 11 is 0. The maximum Gasteiger partial charge on any atom is 0.269 e. The molecule has 0 aromatic rings. The summed E-state index contributed by atoms with van der Waals surface area (Å²) < 4.78 is 27.4. The number of phosphoric acid groups is 1. The highest BCUT2D eigenvalue weighted by Crippen LogP contribution is 2.39. The molecule has 0 aliphatic carbocycles. The van der Waals surface area contributed by atoms with Crippen LogP contribution in [0.2, 0.25) is 0 Å². The Kier molecular flexibility index (Phi) is 6.38. The van der Waals surface area contributed by atoms with Crippen LogP contribution in [0.1, 0.15) is 28.5 Å². The van der Waals surface area contributed by atoms with Gasteiger partial charge in [0.15, 0.2) is 0 Å². The van der Waals surface area contributed by atoms with Crippen molar-refractivity contribution in [2.24, 2.45) is 0 Å². The quantitative estimate of drug-likeness (QED) is 0.399. The minimum atomic E-state index is -4.30. The molecule has 0 rings (SSSR count). The highest BCUT2D eigenvalue weighted by atomic mass is 31.2. The molecule has 0 aliphatic heterocycles. The van der Waals surface area contributed by atoms with E-state index >= 15 is 0 Å². The minimum Gasteiger partial charge on any atom is -0.756 e. The summed E-state index contributed by atoms with van der Waals surface area (Å²) in [6, 6.07) is 0. The van der Waals surface area contributed by atoms with E-state index in [9.17, 15) is 9.46 Å². The third-order valence-corrected chi connectivity index (χ3v) is 2.29. The lowest BCUT2D eigenvalue weighted by atomic mass is 10.3. The molecule has 0 aliphatic rings. The molecule has 2 unspecified atom stereocenters. The first-order valence-corrected chi connectivity index (χ1v) is 6.06. The standard InChI is InChI=1S/C10H17O4P/c1-4-7-10(8-5-2)14-15(11,12)13-9-6-3/h4,7,10H,6,9H2,1-3H3,(H,11,12)/p-1/b7-4+/i2T. The van der Waals surface area contributed by atoms with Crippen LogP contribution < -0.4 is 4.89 Å². The summed E-state index contributed by atoms with van der Waals surface area (Å²) in [6.07, 6.45) is 2.82. The van der Waals surface area contributed by atoms with Gasteiger partial charge in [0.1, 0.15) is 6.10 Å². The molecule has 0 heterocycles. The summed E-state index contributed by atoms with van der Waals surface area (Å²) in [5.74, 6) is 4.94. The van der Waals surface area contributed by atoms with E-state index in [-0.39, 0.29) is 13.5 Å². The molecule has 0 fully saturated rings. The van der Waals surface area contributed by atoms with Crippen LogP contribution in [0.4, 0.5) is 0 Å². The maximum atomic E-state index is 11.3. The predicted octanol–water partition coefficient (Wildman–Crippen LogP) is 1.87. The Bertz CT molecular complexity index is 319. The van der Waals surface area contributed by atoms with E-state index < -0.39 is 13.9 Å². The number of rotatable bonds is 6. The normalized spacial score (nSPS) is 17.7. The van der Waals surface area contributed by atoms with Gasteiger partial charge in [-0.1, -0.05) is 18.9 Å². The first-order chi connectivity index (χ1) is 7.55. The smallest absolute Gasteiger partial charge is 0.269 e. The van der Waals surface area contributed by atoms with Crippen LogP contribution in [0.15, 0.2) is 12.2 Å². The highest BCUT2D eigenvalue weighted by molar-refractivity contribution is 7.45. The van der Waals surface area contributed by atoms with Crippen LogP contribution in [-0.4, -0.2) is 12.7 Å². The summed E-state index contributed by atoms with van der Waals surface area (Å²) in [4.78, 5) is 11.3. The van der Waals surface area contributed by atoms with Crippen molar-refractivity contribution in [3.63, 3.8) is 0 Å². The molecule has 2 atom stereocenters. The lowest BCUT2D eigenvalue weighted by Crippen LogP contribution is -2.15. The summed E-state index contributed by atoms with van der Waals surface area (Å²) in [5, 5.41) is 0. The van der Waals surface area contributed by atoms with Crippen molar-refractivity contribution >= 4 is 7.82 Å². The Morgan fingerprint density at radius 3 is 3.00 bits per heavy atom. The number of hydrogen-bond donors (Lipinski definition) is 0. The van der Waals surface area contributed by atoms with Crippen LogP contribution in [0.5, 0.6) is 0 Å². The lowest BCUT2D eigenvalue weighted by molar-refractivity contribution is -0.226. The number of phosphoric ester groups is 1. The SMILES string of the molecule is [3H]CC#CC(/C=C/C)OP(=O)([O-])OCCC. The Labute approximate surface area is 92.3 Å². The van der Waals surface area contributed by atoms with Crippen LogP contribution in [-0.2, 0) is 13.6 Å². The van der Waals surface area contributed by atoms with Gasteiger partial charge in [-0.2, -0.15) is 0 Å². The zero-order valence-electron chi connectivity index (χ0n) is 9.93. The molecule has 86 valence electrons. The fourth-order valence-corrected chi connectivity index (χ4v) is 1.63. The van der Waals surface area contributed by atoms with Crippen LogP contribution >= 0.6 is 7.82 Å². The second kappa shape index (κ2) is 7.67. The van der Waals surface area contributed by atoms with E-state index in [4.69, 9.17) is 5.89 Å². The van der Waals surface area contributed by atoms with Gasteiger partial charge in [-0.15, -0.1) is 5.92 Å². The highest BCUT2D eigenvalue weighted by Gasteiger charge is 2.13. The molecule has 0 aromatic heterocycles. The monoisotopic (exact) mass is 233 g/mol. The molecule has 0 amide bonds. The maximum absolute atomic E-state index is 11.3. The summed E-state index contributed by atoms with van der Waals surface area (Å²) in [6.45, 7) is 3.51. The van der Waals surface area contributed by atoms with Crippen LogP contribution in [0, 0.1) is 11.8 Å². The molecule has 0 saturated heterocycles. The molecule has 4 nitrogen and oxygen atoms in total. The molecule has 15 heavy (non-hydrogen) atoms. The molecule has 0 aromatic carbocycles. The molecule has 0 spiro atoms. The first-order valence-electron chi connectivity index (χ1n) is 5.31. The van der Waals surface area contributed by atoms with Crippen molar-refractivity contribution < 1.29 is 19.9 Å². The summed E-state index contributed by atoms with van der Waals surface area (Å²) in [5.41, 5.74) is 0. The topological polar surface area (TPSA) is 58.6 Å². The third kappa shape index (κ3) is 7.35. The van der Waals surface area contributed by atoms with Gasteiger partial charge in [0, 0.05) is 1.37 Å². The van der Waals surface area contributed by atoms with E-state index in [1.54, 1.807) is 19.9 Å². The van der Waals surface area contributed by atoms with E-state index in [0.717, 1.165) is 0 Å². The van der Waals surface area contributed by atoms with Crippen molar-refractivity contribution in [3.8, 4) is 11.8 Å². The third-order valence-electron chi connectivity index (χ3n) is 1.31. The molecule has 0 N–H and O–H groups in total. The van der Waals surface area contributed by atoms with E-state index in [2.05, 4.69) is 16.4 Å². The van der Waals surface area contributed by atoms with E-state index in [1.807, 2.05) is 0 Å². The zero-order chi connectivity index (χ0) is 12.4. The van der Waals surface area contributed by atoms with Gasteiger partial charge < -0.3 is 9.42 Å². The minimum absolute atomic E-state index is 0.0925. The van der Waals surface area contributed by atoms with Gasteiger partial charge in [-0.05, 0) is 26.3 Å². The molecular formula is C10H16O4P-. The fraction of sp³-hybridized carbons (Fsp3) is 0.600. The number of allylic oxidation sites excluding steroid dienone is 1. The van der Waals surface area contributed by atoms with Crippen molar-refractivity contribution in [3.05, 3.63) is 12.2 Å². The Morgan fingerprint density at radius 2 is 2.47 bits per heavy atom. The molecular weight excluding hydrogens is 215 g/mol. The van der Waals surface area contributed by atoms with Gasteiger partial charge in [0.2, 0.25) is 0 Å². The Morgan fingerprint density at radius 1 is 1.73 bits per heavy atom. The zero-order valence-corrected chi connectivity index (χ0v) is 9.83. The van der Waals surface area contributed by atoms with Crippen molar-refractivity contribution in [2.75, 3.05) is 6.61 Å². The van der Waals surface area contributed by atoms with E-state index in [0.29, 0.717) is 6.42 Å². The van der Waals surface area contributed by atoms with Crippen molar-refractivity contribution in [1.82, 2.24) is 0 Å². The van der Waals surface area contributed by atoms with Crippen molar-refractivity contribution in [2.45, 2.75) is 33.3 Å². The van der Waals surface area contributed by atoms with Gasteiger partial charge in [0.25, 0.3) is 7.82 Å². The van der Waals surface area contributed by atoms with Crippen molar-refractivity contribution in [1.29, 1.82) is 0 Å². The Balaban J connectivity index is 4.43. The van der Waals surface area contributed by atoms with Crippen LogP contribution in [0.3, 0.4) is 0 Å². The summed E-state index contributed by atoms with van der Waals surface area (Å²) in [7, 11) is -4.30. The molecule has 0 radical (unpaired) electrons. The van der Waals surface area contributed by atoms with Gasteiger partial charge in [0.05, 0.1) is 6.61 Å². The largest absolute Gasteiger partial charge is 0.756 e. The fourth-order valence-electron chi connectivity index (χ4n) is 0.758. The van der Waals surface area contributed by atoms with Crippen LogP contribution in [0.25, 0.3) is 0 Å². The first kappa shape index (κ1) is 12.5. The lowest BCUT2D eigenvalue weighted by Gasteiger charge is -2.24. The molecule has 0 saturated carbocycles. The van der Waals surface area contributed by atoms with Gasteiger partial charge in [-0.3, -0.25) is 9.09 Å². The second-order valence-corrected chi connectivity index (χ2v) is 4.02. The molecule has 0 bridgehead atoms.